The number of hydrogen-bond donors (Lipinski definition) is 1. The molecule has 0 bridgehead atoms. The smallest absolute Gasteiger partial charge is 0.0471 e. The van der Waals surface area contributed by atoms with Crippen molar-refractivity contribution in [3.63, 3.8) is 0 Å². The Morgan fingerprint density at radius 3 is 2.45 bits per heavy atom. The zero-order valence-electron chi connectivity index (χ0n) is 7.14. The topological polar surface area (TPSA) is 20.2 Å². The normalized spacial score (nSPS) is 17.6. The summed E-state index contributed by atoms with van der Waals surface area (Å²) in [5.41, 5.74) is 2.80. The second-order valence-corrected chi connectivity index (χ2v) is 2.86. The van der Waals surface area contributed by atoms with Crippen molar-refractivity contribution in [1.29, 1.82) is 0 Å². The summed E-state index contributed by atoms with van der Waals surface area (Å²) in [7, 11) is 0. The van der Waals surface area contributed by atoms with E-state index in [4.69, 9.17) is 5.11 Å². The van der Waals surface area contributed by atoms with E-state index in [9.17, 15) is 0 Å². The largest absolute Gasteiger partial charge is 0.396 e. The van der Waals surface area contributed by atoms with Crippen molar-refractivity contribution in [2.45, 2.75) is 32.6 Å². The molecule has 0 spiro atoms. The Balaban J connectivity index is 2.59. The molecule has 0 aromatic rings. The van der Waals surface area contributed by atoms with E-state index in [-0.39, 0.29) is 6.61 Å². The lowest BCUT2D eigenvalue weighted by Crippen LogP contribution is -1.96. The van der Waals surface area contributed by atoms with Crippen LogP contribution in [0.3, 0.4) is 0 Å². The molecule has 11 heavy (non-hydrogen) atoms. The molecule has 0 aromatic heterocycles. The molecular formula is C10H16O. The Hall–Kier alpha value is -0.560. The Morgan fingerprint density at radius 2 is 1.91 bits per heavy atom. The predicted molar refractivity (Wildman–Crippen MR) is 47.4 cm³/mol. The Kier molecular flexibility index (Phi) is 3.37. The summed E-state index contributed by atoms with van der Waals surface area (Å²) in [5, 5.41) is 8.76. The molecule has 0 saturated heterocycles. The third-order valence-corrected chi connectivity index (χ3v) is 2.12. The van der Waals surface area contributed by atoms with Crippen molar-refractivity contribution < 1.29 is 5.11 Å². The van der Waals surface area contributed by atoms with E-state index in [1.54, 1.807) is 0 Å². The van der Waals surface area contributed by atoms with Crippen LogP contribution in [0.25, 0.3) is 0 Å². The second-order valence-electron chi connectivity index (χ2n) is 2.86. The van der Waals surface area contributed by atoms with Gasteiger partial charge in [-0.3, -0.25) is 0 Å². The molecule has 1 aliphatic carbocycles. The fourth-order valence-corrected chi connectivity index (χ4v) is 1.53. The molecule has 0 atom stereocenters. The zero-order chi connectivity index (χ0) is 8.10. The van der Waals surface area contributed by atoms with Crippen LogP contribution in [0, 0.1) is 0 Å². The third-order valence-electron chi connectivity index (χ3n) is 2.12. The first-order valence-electron chi connectivity index (χ1n) is 4.37. The molecule has 1 heteroatoms. The van der Waals surface area contributed by atoms with Crippen LogP contribution in [0.5, 0.6) is 0 Å². The van der Waals surface area contributed by atoms with Gasteiger partial charge in [-0.15, -0.1) is 0 Å². The number of hydrogen-bond acceptors (Lipinski definition) is 1. The molecule has 0 amide bonds. The van der Waals surface area contributed by atoms with Gasteiger partial charge >= 0.3 is 0 Å². The van der Waals surface area contributed by atoms with Crippen LogP contribution < -0.4 is 0 Å². The highest BCUT2D eigenvalue weighted by molar-refractivity contribution is 5.33. The summed E-state index contributed by atoms with van der Waals surface area (Å²) in [5.74, 6) is 0. The maximum absolute atomic E-state index is 8.76. The minimum atomic E-state index is 0.281. The van der Waals surface area contributed by atoms with Crippen LogP contribution in [0.15, 0.2) is 23.3 Å². The maximum Gasteiger partial charge on any atom is 0.0471 e. The highest BCUT2D eigenvalue weighted by Gasteiger charge is 2.05. The summed E-state index contributed by atoms with van der Waals surface area (Å²) < 4.78 is 0. The maximum atomic E-state index is 8.76. The molecule has 0 radical (unpaired) electrons. The highest BCUT2D eigenvalue weighted by atomic mass is 16.2. The van der Waals surface area contributed by atoms with Gasteiger partial charge in [0, 0.05) is 6.61 Å². The minimum absolute atomic E-state index is 0.281. The lowest BCUT2D eigenvalue weighted by atomic mass is 9.94. The van der Waals surface area contributed by atoms with Crippen molar-refractivity contribution >= 4 is 0 Å². The van der Waals surface area contributed by atoms with Crippen molar-refractivity contribution in [2.75, 3.05) is 6.61 Å². The fourth-order valence-electron chi connectivity index (χ4n) is 1.53. The van der Waals surface area contributed by atoms with Gasteiger partial charge in [0.15, 0.2) is 0 Å². The quantitative estimate of drug-likeness (QED) is 0.658. The standard InChI is InChI=1S/C10H16O/c1-2-9-5-3-4-6-10(9)7-8-11/h5-6,11H,2-4,7-8H2,1H3. The molecule has 1 N–H and O–H groups in total. The minimum Gasteiger partial charge on any atom is -0.396 e. The molecule has 1 aliphatic rings. The van der Waals surface area contributed by atoms with Gasteiger partial charge in [-0.25, -0.2) is 0 Å². The summed E-state index contributed by atoms with van der Waals surface area (Å²) in [6.45, 7) is 2.45. The molecule has 0 heterocycles. The molecule has 0 aromatic carbocycles. The van der Waals surface area contributed by atoms with E-state index in [1.807, 2.05) is 0 Å². The van der Waals surface area contributed by atoms with Gasteiger partial charge in [0.25, 0.3) is 0 Å². The molecule has 62 valence electrons. The molecule has 0 unspecified atom stereocenters. The van der Waals surface area contributed by atoms with Gasteiger partial charge in [-0.1, -0.05) is 19.1 Å². The SMILES string of the molecule is CCC1=CCCC=C1CCO. The first kappa shape index (κ1) is 8.54. The van der Waals surface area contributed by atoms with Gasteiger partial charge in [-0.2, -0.15) is 0 Å². The van der Waals surface area contributed by atoms with Crippen molar-refractivity contribution in [3.8, 4) is 0 Å². The van der Waals surface area contributed by atoms with E-state index in [0.29, 0.717) is 0 Å². The summed E-state index contributed by atoms with van der Waals surface area (Å²) >= 11 is 0. The third kappa shape index (κ3) is 2.19. The molecular weight excluding hydrogens is 136 g/mol. The monoisotopic (exact) mass is 152 g/mol. The first-order valence-corrected chi connectivity index (χ1v) is 4.37. The van der Waals surface area contributed by atoms with Crippen LogP contribution >= 0.6 is 0 Å². The van der Waals surface area contributed by atoms with Crippen molar-refractivity contribution in [1.82, 2.24) is 0 Å². The predicted octanol–water partition coefficient (Wildman–Crippen LogP) is 2.43. The van der Waals surface area contributed by atoms with E-state index >= 15 is 0 Å². The Morgan fingerprint density at radius 1 is 1.27 bits per heavy atom. The van der Waals surface area contributed by atoms with Gasteiger partial charge in [0.1, 0.15) is 0 Å². The summed E-state index contributed by atoms with van der Waals surface area (Å²) in [6, 6.07) is 0. The van der Waals surface area contributed by atoms with Gasteiger partial charge in [0.05, 0.1) is 0 Å². The average Bonchev–Trinajstić information content (AvgIpc) is 2.06. The lowest BCUT2D eigenvalue weighted by molar-refractivity contribution is 0.299. The van der Waals surface area contributed by atoms with Crippen molar-refractivity contribution in [2.24, 2.45) is 0 Å². The molecule has 0 saturated carbocycles. The number of allylic oxidation sites excluding steroid dienone is 3. The van der Waals surface area contributed by atoms with Crippen molar-refractivity contribution in [3.05, 3.63) is 23.3 Å². The molecule has 0 aliphatic heterocycles. The Labute approximate surface area is 68.4 Å². The molecule has 0 fully saturated rings. The molecule has 1 nitrogen and oxygen atoms in total. The van der Waals surface area contributed by atoms with Crippen LogP contribution in [0.4, 0.5) is 0 Å². The van der Waals surface area contributed by atoms with Gasteiger partial charge in [0.2, 0.25) is 0 Å². The Bertz CT molecular complexity index is 177. The zero-order valence-corrected chi connectivity index (χ0v) is 7.14. The molecule has 1 rings (SSSR count). The van der Waals surface area contributed by atoms with E-state index < -0.39 is 0 Å². The average molecular weight is 152 g/mol. The fraction of sp³-hybridized carbons (Fsp3) is 0.600. The number of aliphatic hydroxyl groups excluding tert-OH is 1. The second kappa shape index (κ2) is 4.35. The van der Waals surface area contributed by atoms with Gasteiger partial charge < -0.3 is 5.11 Å². The van der Waals surface area contributed by atoms with E-state index in [2.05, 4.69) is 19.1 Å². The lowest BCUT2D eigenvalue weighted by Gasteiger charge is -2.13. The number of rotatable bonds is 3. The van der Waals surface area contributed by atoms with Crippen LogP contribution in [0.1, 0.15) is 32.6 Å². The highest BCUT2D eigenvalue weighted by Crippen LogP contribution is 2.23. The summed E-state index contributed by atoms with van der Waals surface area (Å²) in [4.78, 5) is 0. The van der Waals surface area contributed by atoms with E-state index in [0.717, 1.165) is 19.3 Å². The van der Waals surface area contributed by atoms with Crippen LogP contribution in [0.2, 0.25) is 0 Å². The number of aliphatic hydroxyl groups is 1. The van der Waals surface area contributed by atoms with Crippen LogP contribution in [-0.4, -0.2) is 11.7 Å². The van der Waals surface area contributed by atoms with Crippen LogP contribution in [-0.2, 0) is 0 Å². The van der Waals surface area contributed by atoms with E-state index in [1.165, 1.54) is 17.6 Å². The summed E-state index contributed by atoms with van der Waals surface area (Å²) in [6.07, 6.45) is 8.82. The van der Waals surface area contributed by atoms with Gasteiger partial charge in [-0.05, 0) is 36.8 Å². The first-order chi connectivity index (χ1) is 5.38.